The summed E-state index contributed by atoms with van der Waals surface area (Å²) in [5, 5.41) is 4.28. The highest BCUT2D eigenvalue weighted by atomic mass is 16.5. The first kappa shape index (κ1) is 22.3. The number of nitrogens with zero attached hydrogens (tertiary/aromatic N) is 4. The lowest BCUT2D eigenvalue weighted by atomic mass is 9.64. The molecule has 0 saturated carbocycles. The summed E-state index contributed by atoms with van der Waals surface area (Å²) in [5.41, 5.74) is 1.92. The highest BCUT2D eigenvalue weighted by molar-refractivity contribution is 5.99. The van der Waals surface area contributed by atoms with E-state index < -0.39 is 0 Å². The molecule has 3 aliphatic rings. The molecule has 6 rings (SSSR count). The van der Waals surface area contributed by atoms with Crippen molar-refractivity contribution in [2.24, 2.45) is 11.3 Å². The molecule has 2 aromatic heterocycles. The molecule has 1 amide bonds. The lowest BCUT2D eigenvalue weighted by Gasteiger charge is -2.54. The number of aromatic nitrogens is 3. The maximum absolute atomic E-state index is 13.3. The van der Waals surface area contributed by atoms with Crippen molar-refractivity contribution in [2.45, 2.75) is 51.7 Å². The van der Waals surface area contributed by atoms with Crippen LogP contribution in [0.2, 0.25) is 0 Å². The number of likely N-dealkylation sites (tertiary alicyclic amines) is 1. The number of carbonyl (C=O) groups excluding carboxylic acids is 1. The molecule has 3 aliphatic heterocycles. The number of hydrogen-bond acceptors (Lipinski definition) is 6. The maximum atomic E-state index is 13.3. The molecule has 2 fully saturated rings. The second kappa shape index (κ2) is 8.22. The van der Waals surface area contributed by atoms with Crippen molar-refractivity contribution in [3.63, 3.8) is 0 Å². The summed E-state index contributed by atoms with van der Waals surface area (Å²) in [5.74, 6) is 1.84. The number of rotatable bonds is 3. The van der Waals surface area contributed by atoms with Crippen LogP contribution in [-0.4, -0.2) is 57.3 Å². The van der Waals surface area contributed by atoms with Gasteiger partial charge in [-0.3, -0.25) is 4.79 Å². The SMILES string of the molecule is CCOc1cccc2c1OC(C)(C)[C@H]1CC3(CCN(C(=O)c4cnn5cccnc45)CC3)CO[C@H]21. The second-order valence-electron chi connectivity index (χ2n) is 10.6. The van der Waals surface area contributed by atoms with E-state index in [1.54, 1.807) is 16.9 Å². The molecule has 184 valence electrons. The first-order valence-corrected chi connectivity index (χ1v) is 12.5. The Bertz CT molecular complexity index is 1260. The Kier molecular flexibility index (Phi) is 5.25. The third kappa shape index (κ3) is 3.66. The second-order valence-corrected chi connectivity index (χ2v) is 10.6. The molecular weight excluding hydrogens is 444 g/mol. The van der Waals surface area contributed by atoms with Gasteiger partial charge < -0.3 is 19.1 Å². The number of amides is 1. The van der Waals surface area contributed by atoms with Gasteiger partial charge in [0.25, 0.3) is 5.91 Å². The van der Waals surface area contributed by atoms with Gasteiger partial charge in [0, 0.05) is 37.0 Å². The smallest absolute Gasteiger partial charge is 0.259 e. The van der Waals surface area contributed by atoms with E-state index in [1.807, 2.05) is 36.2 Å². The van der Waals surface area contributed by atoms with E-state index in [9.17, 15) is 4.79 Å². The lowest BCUT2D eigenvalue weighted by Crippen LogP contribution is -2.54. The van der Waals surface area contributed by atoms with Crippen LogP contribution in [0.5, 0.6) is 11.5 Å². The first-order chi connectivity index (χ1) is 16.9. The van der Waals surface area contributed by atoms with Gasteiger partial charge in [0.1, 0.15) is 11.2 Å². The van der Waals surface area contributed by atoms with Gasteiger partial charge in [-0.15, -0.1) is 0 Å². The quantitative estimate of drug-likeness (QED) is 0.561. The van der Waals surface area contributed by atoms with E-state index in [-0.39, 0.29) is 28.9 Å². The number of hydrogen-bond donors (Lipinski definition) is 0. The first-order valence-electron chi connectivity index (χ1n) is 12.5. The highest BCUT2D eigenvalue weighted by Crippen LogP contribution is 2.57. The van der Waals surface area contributed by atoms with Gasteiger partial charge in [0.05, 0.1) is 25.5 Å². The highest BCUT2D eigenvalue weighted by Gasteiger charge is 2.53. The summed E-state index contributed by atoms with van der Waals surface area (Å²) in [6.45, 7) is 9.01. The van der Waals surface area contributed by atoms with Gasteiger partial charge in [-0.1, -0.05) is 12.1 Å². The molecule has 1 spiro atoms. The van der Waals surface area contributed by atoms with Crippen molar-refractivity contribution in [1.82, 2.24) is 19.5 Å². The fourth-order valence-electron chi connectivity index (χ4n) is 6.09. The molecule has 2 atom stereocenters. The third-order valence-electron chi connectivity index (χ3n) is 8.08. The van der Waals surface area contributed by atoms with Crippen LogP contribution in [0.1, 0.15) is 62.1 Å². The summed E-state index contributed by atoms with van der Waals surface area (Å²) >= 11 is 0. The standard InChI is InChI=1S/C27H32N4O4/c1-4-33-21-8-5-7-18-22-20(26(2,3)35-23(18)21)15-27(17-34-22)9-13-30(14-10-27)25(32)19-16-29-31-12-6-11-28-24(19)31/h5-8,11-12,16,20,22H,4,9-10,13-15,17H2,1-3H3/t20-,22+/m0/s1. The van der Waals surface area contributed by atoms with E-state index >= 15 is 0 Å². The zero-order valence-corrected chi connectivity index (χ0v) is 20.6. The van der Waals surface area contributed by atoms with Crippen molar-refractivity contribution in [3.8, 4) is 11.5 Å². The summed E-state index contributed by atoms with van der Waals surface area (Å²) in [4.78, 5) is 19.6. The Morgan fingerprint density at radius 3 is 2.86 bits per heavy atom. The lowest BCUT2D eigenvalue weighted by molar-refractivity contribution is -0.173. The van der Waals surface area contributed by atoms with Gasteiger partial charge in [-0.2, -0.15) is 5.10 Å². The summed E-state index contributed by atoms with van der Waals surface area (Å²) in [6.07, 6.45) is 7.96. The molecule has 8 nitrogen and oxygen atoms in total. The summed E-state index contributed by atoms with van der Waals surface area (Å²) < 4.78 is 20.7. The molecule has 0 unspecified atom stereocenters. The molecule has 0 bridgehead atoms. The third-order valence-corrected chi connectivity index (χ3v) is 8.08. The Hall–Kier alpha value is -3.13. The van der Waals surface area contributed by atoms with E-state index in [4.69, 9.17) is 14.2 Å². The van der Waals surface area contributed by atoms with Crippen LogP contribution < -0.4 is 9.47 Å². The van der Waals surface area contributed by atoms with E-state index in [0.717, 1.165) is 36.3 Å². The number of benzene rings is 1. The molecule has 1 aromatic carbocycles. The summed E-state index contributed by atoms with van der Waals surface area (Å²) in [7, 11) is 0. The topological polar surface area (TPSA) is 78.2 Å². The van der Waals surface area contributed by atoms with Crippen LogP contribution in [-0.2, 0) is 4.74 Å². The predicted octanol–water partition coefficient (Wildman–Crippen LogP) is 4.30. The molecular formula is C27H32N4O4. The van der Waals surface area contributed by atoms with Crippen molar-refractivity contribution in [1.29, 1.82) is 0 Å². The van der Waals surface area contributed by atoms with Crippen molar-refractivity contribution >= 4 is 11.6 Å². The minimum Gasteiger partial charge on any atom is -0.490 e. The minimum absolute atomic E-state index is 0.00173. The molecule has 0 aliphatic carbocycles. The fourth-order valence-corrected chi connectivity index (χ4v) is 6.09. The number of carbonyl (C=O) groups is 1. The molecule has 0 radical (unpaired) electrons. The molecule has 5 heterocycles. The molecule has 35 heavy (non-hydrogen) atoms. The van der Waals surface area contributed by atoms with Gasteiger partial charge in [-0.25, -0.2) is 9.50 Å². The Labute approximate surface area is 205 Å². The maximum Gasteiger partial charge on any atom is 0.259 e. The zero-order valence-electron chi connectivity index (χ0n) is 20.6. The monoisotopic (exact) mass is 476 g/mol. The van der Waals surface area contributed by atoms with Gasteiger partial charge in [-0.05, 0) is 57.6 Å². The predicted molar refractivity (Wildman–Crippen MR) is 130 cm³/mol. The molecule has 2 saturated heterocycles. The molecule has 0 N–H and O–H groups in total. The number of fused-ring (bicyclic) bond motifs is 4. The van der Waals surface area contributed by atoms with Crippen LogP contribution >= 0.6 is 0 Å². The zero-order chi connectivity index (χ0) is 24.2. The molecule has 8 heteroatoms. The van der Waals surface area contributed by atoms with Crippen LogP contribution in [0.3, 0.4) is 0 Å². The van der Waals surface area contributed by atoms with Gasteiger partial charge in [0.2, 0.25) is 0 Å². The van der Waals surface area contributed by atoms with E-state index in [2.05, 4.69) is 30.0 Å². The number of ether oxygens (including phenoxy) is 3. The van der Waals surface area contributed by atoms with Crippen molar-refractivity contribution in [3.05, 3.63) is 54.0 Å². The van der Waals surface area contributed by atoms with Crippen molar-refractivity contribution < 1.29 is 19.0 Å². The Morgan fingerprint density at radius 2 is 2.06 bits per heavy atom. The van der Waals surface area contributed by atoms with Crippen LogP contribution in [0.15, 0.2) is 42.9 Å². The largest absolute Gasteiger partial charge is 0.490 e. The average molecular weight is 477 g/mol. The van der Waals surface area contributed by atoms with Crippen LogP contribution in [0.25, 0.3) is 5.65 Å². The Balaban J connectivity index is 1.19. The Morgan fingerprint density at radius 1 is 1.23 bits per heavy atom. The molecule has 3 aromatic rings. The van der Waals surface area contributed by atoms with Crippen LogP contribution in [0.4, 0.5) is 0 Å². The fraction of sp³-hybridized carbons (Fsp3) is 0.519. The van der Waals surface area contributed by atoms with Crippen molar-refractivity contribution in [2.75, 3.05) is 26.3 Å². The average Bonchev–Trinajstić information content (AvgIpc) is 3.29. The normalized spacial score (nSPS) is 24.5. The van der Waals surface area contributed by atoms with Crippen LogP contribution in [0, 0.1) is 11.3 Å². The minimum atomic E-state index is -0.381. The number of para-hydroxylation sites is 1. The van der Waals surface area contributed by atoms with E-state index in [0.29, 0.717) is 37.5 Å². The van der Waals surface area contributed by atoms with E-state index in [1.165, 1.54) is 0 Å². The summed E-state index contributed by atoms with van der Waals surface area (Å²) in [6, 6.07) is 7.90. The van der Waals surface area contributed by atoms with Gasteiger partial charge >= 0.3 is 0 Å². The van der Waals surface area contributed by atoms with Gasteiger partial charge in [0.15, 0.2) is 17.1 Å². The number of piperidine rings is 1.